The van der Waals surface area contributed by atoms with Gasteiger partial charge in [-0.1, -0.05) is 6.92 Å². The van der Waals surface area contributed by atoms with Crippen LogP contribution in [-0.2, 0) is 9.59 Å². The molecule has 136 valence electrons. The van der Waals surface area contributed by atoms with Crippen molar-refractivity contribution in [1.29, 1.82) is 0 Å². The van der Waals surface area contributed by atoms with Gasteiger partial charge in [-0.15, -0.1) is 0 Å². The van der Waals surface area contributed by atoms with Gasteiger partial charge in [0.1, 0.15) is 11.5 Å². The Hall–Kier alpha value is -2.08. The Morgan fingerprint density at radius 3 is 2.68 bits per heavy atom. The summed E-state index contributed by atoms with van der Waals surface area (Å²) in [4.78, 5) is 25.5. The molecule has 1 aliphatic heterocycles. The number of aliphatic hydroxyl groups is 1. The van der Waals surface area contributed by atoms with Crippen molar-refractivity contribution < 1.29 is 19.4 Å². The number of aliphatic hydroxyl groups excluding tert-OH is 1. The molecule has 0 unspecified atom stereocenters. The molecular formula is C19H26N2O4. The van der Waals surface area contributed by atoms with Crippen LogP contribution in [0.25, 0.3) is 0 Å². The molecule has 1 amide bonds. The first-order chi connectivity index (χ1) is 12.1. The summed E-state index contributed by atoms with van der Waals surface area (Å²) < 4.78 is 5.83. The Labute approximate surface area is 148 Å². The maximum atomic E-state index is 12.2. The van der Waals surface area contributed by atoms with Crippen LogP contribution in [0.15, 0.2) is 18.2 Å². The highest BCUT2D eigenvalue weighted by Crippen LogP contribution is 2.33. The minimum atomic E-state index is -0.213. The van der Waals surface area contributed by atoms with Crippen molar-refractivity contribution in [2.75, 3.05) is 29.9 Å². The lowest BCUT2D eigenvalue weighted by molar-refractivity contribution is -0.135. The van der Waals surface area contributed by atoms with E-state index in [0.29, 0.717) is 30.9 Å². The van der Waals surface area contributed by atoms with E-state index in [2.05, 4.69) is 10.2 Å². The van der Waals surface area contributed by atoms with E-state index in [1.165, 1.54) is 0 Å². The van der Waals surface area contributed by atoms with E-state index in [1.807, 2.05) is 25.1 Å². The summed E-state index contributed by atoms with van der Waals surface area (Å²) in [5.74, 6) is 0.472. The molecule has 0 bridgehead atoms. The molecule has 1 saturated carbocycles. The molecule has 1 aromatic carbocycles. The lowest BCUT2D eigenvalue weighted by Crippen LogP contribution is -2.36. The molecule has 0 spiro atoms. The van der Waals surface area contributed by atoms with Gasteiger partial charge >= 0.3 is 0 Å². The first-order valence-corrected chi connectivity index (χ1v) is 9.09. The van der Waals surface area contributed by atoms with Crippen LogP contribution in [0.3, 0.4) is 0 Å². The standard InChI is InChI=1S/C19H26N2O4/c1-2-9-25-18-12-14(21-7-5-15(22)6-8-21)3-4-17(18)20-19(24)13-10-16(23)11-13/h3-4,12-13,15,22H,2,5-11H2,1H3,(H,20,24). The van der Waals surface area contributed by atoms with Crippen molar-refractivity contribution in [2.24, 2.45) is 5.92 Å². The number of nitrogens with one attached hydrogen (secondary N) is 1. The number of hydrogen-bond acceptors (Lipinski definition) is 5. The number of amides is 1. The maximum Gasteiger partial charge on any atom is 0.228 e. The number of ketones is 1. The van der Waals surface area contributed by atoms with Gasteiger partial charge in [0, 0.05) is 37.7 Å². The van der Waals surface area contributed by atoms with Crippen LogP contribution >= 0.6 is 0 Å². The molecule has 3 rings (SSSR count). The number of piperidine rings is 1. The summed E-state index contributed by atoms with van der Waals surface area (Å²) >= 11 is 0. The second-order valence-corrected chi connectivity index (χ2v) is 6.88. The van der Waals surface area contributed by atoms with Crippen molar-refractivity contribution in [3.05, 3.63) is 18.2 Å². The molecule has 1 aromatic rings. The normalized spacial score (nSPS) is 18.8. The minimum Gasteiger partial charge on any atom is -0.491 e. The molecule has 6 nitrogen and oxygen atoms in total. The van der Waals surface area contributed by atoms with Gasteiger partial charge in [-0.25, -0.2) is 0 Å². The summed E-state index contributed by atoms with van der Waals surface area (Å²) in [7, 11) is 0. The zero-order chi connectivity index (χ0) is 17.8. The monoisotopic (exact) mass is 346 g/mol. The molecular weight excluding hydrogens is 320 g/mol. The lowest BCUT2D eigenvalue weighted by atomic mass is 9.83. The van der Waals surface area contributed by atoms with Crippen LogP contribution in [0.2, 0.25) is 0 Å². The number of rotatable bonds is 6. The summed E-state index contributed by atoms with van der Waals surface area (Å²) in [5, 5.41) is 12.6. The molecule has 1 aliphatic carbocycles. The number of benzene rings is 1. The van der Waals surface area contributed by atoms with E-state index in [-0.39, 0.29) is 23.7 Å². The number of nitrogens with zero attached hydrogens (tertiary/aromatic N) is 1. The third-order valence-corrected chi connectivity index (χ3v) is 4.83. The minimum absolute atomic E-state index is 0.116. The van der Waals surface area contributed by atoms with Gasteiger partial charge < -0.3 is 20.1 Å². The molecule has 1 saturated heterocycles. The second kappa shape index (κ2) is 7.87. The highest BCUT2D eigenvalue weighted by Gasteiger charge is 2.33. The van der Waals surface area contributed by atoms with Crippen molar-refractivity contribution in [3.8, 4) is 5.75 Å². The fraction of sp³-hybridized carbons (Fsp3) is 0.579. The Balaban J connectivity index is 1.72. The largest absolute Gasteiger partial charge is 0.491 e. The Kier molecular flexibility index (Phi) is 5.58. The highest BCUT2D eigenvalue weighted by molar-refractivity contribution is 6.02. The van der Waals surface area contributed by atoms with Gasteiger partial charge in [0.2, 0.25) is 5.91 Å². The molecule has 1 heterocycles. The number of carbonyl (C=O) groups excluding carboxylic acids is 2. The van der Waals surface area contributed by atoms with E-state index >= 15 is 0 Å². The molecule has 2 N–H and O–H groups in total. The van der Waals surface area contributed by atoms with Crippen molar-refractivity contribution in [2.45, 2.75) is 45.1 Å². The van der Waals surface area contributed by atoms with Gasteiger partial charge in [0.25, 0.3) is 0 Å². The fourth-order valence-electron chi connectivity index (χ4n) is 3.18. The van der Waals surface area contributed by atoms with Gasteiger partial charge in [-0.3, -0.25) is 9.59 Å². The third kappa shape index (κ3) is 4.31. The topological polar surface area (TPSA) is 78.9 Å². The zero-order valence-corrected chi connectivity index (χ0v) is 14.7. The lowest BCUT2D eigenvalue weighted by Gasteiger charge is -2.32. The van der Waals surface area contributed by atoms with Crippen LogP contribution in [0.1, 0.15) is 39.0 Å². The van der Waals surface area contributed by atoms with Crippen LogP contribution < -0.4 is 15.0 Å². The third-order valence-electron chi connectivity index (χ3n) is 4.83. The summed E-state index contributed by atoms with van der Waals surface area (Å²) in [6.45, 7) is 4.23. The predicted octanol–water partition coefficient (Wildman–Crippen LogP) is 2.35. The van der Waals surface area contributed by atoms with Gasteiger partial charge in [-0.05, 0) is 31.4 Å². The van der Waals surface area contributed by atoms with E-state index in [9.17, 15) is 14.7 Å². The maximum absolute atomic E-state index is 12.2. The van der Waals surface area contributed by atoms with Crippen molar-refractivity contribution in [3.63, 3.8) is 0 Å². The van der Waals surface area contributed by atoms with Crippen LogP contribution in [0.5, 0.6) is 5.75 Å². The van der Waals surface area contributed by atoms with Crippen LogP contribution in [-0.4, -0.2) is 42.6 Å². The van der Waals surface area contributed by atoms with Crippen molar-refractivity contribution >= 4 is 23.1 Å². The molecule has 2 fully saturated rings. The van der Waals surface area contributed by atoms with Crippen LogP contribution in [0.4, 0.5) is 11.4 Å². The highest BCUT2D eigenvalue weighted by atomic mass is 16.5. The van der Waals surface area contributed by atoms with E-state index < -0.39 is 0 Å². The zero-order valence-electron chi connectivity index (χ0n) is 14.7. The Morgan fingerprint density at radius 2 is 2.04 bits per heavy atom. The average molecular weight is 346 g/mol. The first kappa shape index (κ1) is 17.7. The Morgan fingerprint density at radius 1 is 1.32 bits per heavy atom. The van der Waals surface area contributed by atoms with E-state index in [4.69, 9.17) is 4.74 Å². The summed E-state index contributed by atoms with van der Waals surface area (Å²) in [6, 6.07) is 5.79. The van der Waals surface area contributed by atoms with Gasteiger partial charge in [-0.2, -0.15) is 0 Å². The number of ether oxygens (including phenoxy) is 1. The molecule has 6 heteroatoms. The smallest absolute Gasteiger partial charge is 0.228 e. The van der Waals surface area contributed by atoms with Crippen LogP contribution in [0, 0.1) is 5.92 Å². The van der Waals surface area contributed by atoms with Gasteiger partial charge in [0.15, 0.2) is 0 Å². The molecule has 2 aliphatic rings. The predicted molar refractivity (Wildman–Crippen MR) is 96.0 cm³/mol. The van der Waals surface area contributed by atoms with E-state index in [1.54, 1.807) is 0 Å². The number of Topliss-reactive ketones (excluding diaryl/α,β-unsaturated/α-hetero) is 1. The molecule has 0 radical (unpaired) electrons. The number of hydrogen-bond donors (Lipinski definition) is 2. The Bertz CT molecular complexity index is 630. The summed E-state index contributed by atoms with van der Waals surface area (Å²) in [5.41, 5.74) is 1.69. The molecule has 0 atom stereocenters. The first-order valence-electron chi connectivity index (χ1n) is 9.09. The number of carbonyl (C=O) groups is 2. The fourth-order valence-corrected chi connectivity index (χ4v) is 3.18. The number of anilines is 2. The molecule has 25 heavy (non-hydrogen) atoms. The van der Waals surface area contributed by atoms with E-state index in [0.717, 1.165) is 38.0 Å². The average Bonchev–Trinajstić information content (AvgIpc) is 2.58. The van der Waals surface area contributed by atoms with Gasteiger partial charge in [0.05, 0.1) is 24.3 Å². The van der Waals surface area contributed by atoms with Crippen molar-refractivity contribution in [1.82, 2.24) is 0 Å². The quantitative estimate of drug-likeness (QED) is 0.827. The second-order valence-electron chi connectivity index (χ2n) is 6.88. The molecule has 0 aromatic heterocycles. The summed E-state index contributed by atoms with van der Waals surface area (Å²) in [6.07, 6.45) is 2.87. The SMILES string of the molecule is CCCOc1cc(N2CCC(O)CC2)ccc1NC(=O)C1CC(=O)C1.